The Kier molecular flexibility index (Phi) is 2.69. The Morgan fingerprint density at radius 1 is 1.06 bits per heavy atom. The van der Waals surface area contributed by atoms with Crippen molar-refractivity contribution in [1.29, 1.82) is 0 Å². The third-order valence-electron chi connectivity index (χ3n) is 4.71. The lowest BCUT2D eigenvalue weighted by atomic mass is 9.65. The maximum atomic E-state index is 5.71. The Hall–Kier alpha value is -1.31. The van der Waals surface area contributed by atoms with Gasteiger partial charge < -0.3 is 4.84 Å². The van der Waals surface area contributed by atoms with Gasteiger partial charge in [0.15, 0.2) is 0 Å². The van der Waals surface area contributed by atoms with E-state index < -0.39 is 0 Å². The number of benzene rings is 1. The maximum Gasteiger partial charge on any atom is 0.143 e. The van der Waals surface area contributed by atoms with Gasteiger partial charge in [0.25, 0.3) is 0 Å². The molecule has 0 N–H and O–H groups in total. The van der Waals surface area contributed by atoms with Crippen molar-refractivity contribution < 1.29 is 4.84 Å². The minimum Gasteiger partial charge on any atom is -0.389 e. The Morgan fingerprint density at radius 3 is 2.28 bits per heavy atom. The zero-order valence-electron chi connectivity index (χ0n) is 11.3. The molecule has 1 saturated carbocycles. The highest BCUT2D eigenvalue weighted by Gasteiger charge is 2.45. The first-order chi connectivity index (χ1) is 8.62. The van der Waals surface area contributed by atoms with Crippen molar-refractivity contribution in [2.75, 3.05) is 0 Å². The molecule has 1 aliphatic carbocycles. The van der Waals surface area contributed by atoms with Crippen LogP contribution in [0.4, 0.5) is 0 Å². The molecule has 1 aromatic rings. The van der Waals surface area contributed by atoms with Gasteiger partial charge in [0, 0.05) is 6.42 Å². The van der Waals surface area contributed by atoms with Crippen molar-refractivity contribution >= 4 is 5.71 Å². The second-order valence-electron chi connectivity index (χ2n) is 6.20. The summed E-state index contributed by atoms with van der Waals surface area (Å²) < 4.78 is 0. The summed E-state index contributed by atoms with van der Waals surface area (Å²) in [5.74, 6) is 0. The number of hydrogen-bond donors (Lipinski definition) is 0. The fourth-order valence-electron chi connectivity index (χ4n) is 3.36. The molecule has 18 heavy (non-hydrogen) atoms. The van der Waals surface area contributed by atoms with Gasteiger partial charge in [-0.1, -0.05) is 42.4 Å². The van der Waals surface area contributed by atoms with Crippen molar-refractivity contribution in [3.05, 3.63) is 35.9 Å². The molecule has 1 heterocycles. The van der Waals surface area contributed by atoms with E-state index in [0.29, 0.717) is 5.41 Å². The molecule has 96 valence electrons. The van der Waals surface area contributed by atoms with Gasteiger partial charge in [0.2, 0.25) is 0 Å². The molecular formula is C16H21NO. The van der Waals surface area contributed by atoms with Gasteiger partial charge in [0.05, 0.1) is 5.71 Å². The molecule has 0 amide bonds. The maximum absolute atomic E-state index is 5.71. The van der Waals surface area contributed by atoms with Crippen LogP contribution < -0.4 is 0 Å². The summed E-state index contributed by atoms with van der Waals surface area (Å²) in [5.41, 5.74) is 2.96. The lowest BCUT2D eigenvalue weighted by Crippen LogP contribution is -2.40. The fraction of sp³-hybridized carbons (Fsp3) is 0.562. The molecule has 1 aromatic carbocycles. The minimum absolute atomic E-state index is 0.0262. The van der Waals surface area contributed by atoms with Crippen molar-refractivity contribution in [3.63, 3.8) is 0 Å². The molecule has 2 aliphatic rings. The third kappa shape index (κ3) is 1.94. The van der Waals surface area contributed by atoms with Gasteiger partial charge in [0.1, 0.15) is 5.60 Å². The van der Waals surface area contributed by atoms with Crippen LogP contribution in [0.15, 0.2) is 35.5 Å². The smallest absolute Gasteiger partial charge is 0.143 e. The highest BCUT2D eigenvalue weighted by atomic mass is 16.7. The van der Waals surface area contributed by atoms with Crippen LogP contribution >= 0.6 is 0 Å². The Balaban J connectivity index is 1.74. The highest BCUT2D eigenvalue weighted by molar-refractivity contribution is 5.83. The van der Waals surface area contributed by atoms with E-state index in [9.17, 15) is 0 Å². The van der Waals surface area contributed by atoms with E-state index in [0.717, 1.165) is 25.0 Å². The summed E-state index contributed by atoms with van der Waals surface area (Å²) in [6, 6.07) is 10.9. The van der Waals surface area contributed by atoms with Gasteiger partial charge in [-0.15, -0.1) is 0 Å². The fourth-order valence-corrected chi connectivity index (χ4v) is 3.36. The average molecular weight is 243 g/mol. The molecule has 2 nitrogen and oxygen atoms in total. The van der Waals surface area contributed by atoms with Gasteiger partial charge >= 0.3 is 0 Å². The van der Waals surface area contributed by atoms with E-state index in [4.69, 9.17) is 4.84 Å². The summed E-state index contributed by atoms with van der Waals surface area (Å²) >= 11 is 0. The second kappa shape index (κ2) is 4.11. The van der Waals surface area contributed by atoms with Crippen LogP contribution in [0.2, 0.25) is 0 Å². The van der Waals surface area contributed by atoms with Gasteiger partial charge in [-0.05, 0) is 43.6 Å². The van der Waals surface area contributed by atoms with Crippen LogP contribution in [0, 0.1) is 0 Å². The predicted octanol–water partition coefficient (Wildman–Crippen LogP) is 4.05. The molecule has 0 bridgehead atoms. The second-order valence-corrected chi connectivity index (χ2v) is 6.20. The zero-order valence-corrected chi connectivity index (χ0v) is 11.3. The number of rotatable bonds is 1. The normalized spacial score (nSPS) is 35.3. The summed E-state index contributed by atoms with van der Waals surface area (Å²) in [6.45, 7) is 4.46. The molecule has 0 atom stereocenters. The van der Waals surface area contributed by atoms with E-state index in [-0.39, 0.29) is 5.60 Å². The predicted molar refractivity (Wildman–Crippen MR) is 73.8 cm³/mol. The number of nitrogens with zero attached hydrogens (tertiary/aromatic N) is 1. The summed E-state index contributed by atoms with van der Waals surface area (Å²) in [6.07, 6.45) is 5.66. The number of oxime groups is 1. The molecular weight excluding hydrogens is 222 g/mol. The van der Waals surface area contributed by atoms with E-state index >= 15 is 0 Å². The molecule has 0 aromatic heterocycles. The van der Waals surface area contributed by atoms with Gasteiger partial charge in [-0.25, -0.2) is 0 Å². The summed E-state index contributed by atoms with van der Waals surface area (Å²) in [5, 5.41) is 4.15. The lowest BCUT2D eigenvalue weighted by molar-refractivity contribution is -0.0573. The van der Waals surface area contributed by atoms with E-state index in [2.05, 4.69) is 49.3 Å². The van der Waals surface area contributed by atoms with Crippen molar-refractivity contribution in [1.82, 2.24) is 0 Å². The molecule has 0 unspecified atom stereocenters. The van der Waals surface area contributed by atoms with Crippen LogP contribution in [0.1, 0.15) is 51.5 Å². The lowest BCUT2D eigenvalue weighted by Gasteiger charge is -2.41. The van der Waals surface area contributed by atoms with Crippen molar-refractivity contribution in [2.24, 2.45) is 5.16 Å². The standard InChI is InChI=1S/C16H21NO/c1-13-12-16(18-17-13)10-8-15(2,9-11-16)14-6-4-3-5-7-14/h3-7H,8-12H2,1-2H3. The average Bonchev–Trinajstić information content (AvgIpc) is 2.77. The molecule has 2 heteroatoms. The Labute approximate surface area is 109 Å². The molecule has 0 saturated heterocycles. The third-order valence-corrected chi connectivity index (χ3v) is 4.71. The van der Waals surface area contributed by atoms with E-state index in [1.807, 2.05) is 0 Å². The molecule has 1 fully saturated rings. The number of hydrogen-bond acceptors (Lipinski definition) is 2. The van der Waals surface area contributed by atoms with Crippen LogP contribution in [0.3, 0.4) is 0 Å². The zero-order chi connectivity index (χ0) is 12.6. The SMILES string of the molecule is CC1=NOC2(CCC(C)(c3ccccc3)CC2)C1. The van der Waals surface area contributed by atoms with E-state index in [1.54, 1.807) is 0 Å². The first-order valence-corrected chi connectivity index (χ1v) is 6.89. The Morgan fingerprint density at radius 2 is 1.72 bits per heavy atom. The minimum atomic E-state index is 0.0262. The molecule has 0 radical (unpaired) electrons. The molecule has 1 spiro atoms. The van der Waals surface area contributed by atoms with Crippen LogP contribution in [0.25, 0.3) is 0 Å². The highest BCUT2D eigenvalue weighted by Crippen LogP contribution is 2.47. The molecule has 1 aliphatic heterocycles. The quantitative estimate of drug-likeness (QED) is 0.729. The molecule has 3 rings (SSSR count). The Bertz CT molecular complexity index is 455. The van der Waals surface area contributed by atoms with Crippen LogP contribution in [-0.4, -0.2) is 11.3 Å². The monoisotopic (exact) mass is 243 g/mol. The van der Waals surface area contributed by atoms with Gasteiger partial charge in [-0.3, -0.25) is 0 Å². The topological polar surface area (TPSA) is 21.6 Å². The van der Waals surface area contributed by atoms with Gasteiger partial charge in [-0.2, -0.15) is 0 Å². The van der Waals surface area contributed by atoms with Crippen LogP contribution in [0.5, 0.6) is 0 Å². The first kappa shape index (κ1) is 11.8. The largest absolute Gasteiger partial charge is 0.389 e. The first-order valence-electron chi connectivity index (χ1n) is 6.89. The van der Waals surface area contributed by atoms with E-state index in [1.165, 1.54) is 18.4 Å². The summed E-state index contributed by atoms with van der Waals surface area (Å²) in [4.78, 5) is 5.71. The van der Waals surface area contributed by atoms with Crippen LogP contribution in [-0.2, 0) is 10.3 Å². The summed E-state index contributed by atoms with van der Waals surface area (Å²) in [7, 11) is 0. The van der Waals surface area contributed by atoms with Crippen molar-refractivity contribution in [3.8, 4) is 0 Å². The van der Waals surface area contributed by atoms with Crippen molar-refractivity contribution in [2.45, 2.75) is 57.0 Å².